The Morgan fingerprint density at radius 3 is 2.68 bits per heavy atom. The van der Waals surface area contributed by atoms with Crippen LogP contribution < -0.4 is 15.2 Å². The number of nitrogens with zero attached hydrogens (tertiary/aromatic N) is 2. The van der Waals surface area contributed by atoms with Gasteiger partial charge in [0.15, 0.2) is 17.2 Å². The number of aromatic nitrogens is 2. The summed E-state index contributed by atoms with van der Waals surface area (Å²) in [4.78, 5) is 0. The summed E-state index contributed by atoms with van der Waals surface area (Å²) in [6, 6.07) is 7.11. The monoisotopic (exact) mass is 311 g/mol. The second kappa shape index (κ2) is 5.45. The minimum atomic E-state index is -4.53. The van der Waals surface area contributed by atoms with Gasteiger partial charge in [0.2, 0.25) is 5.88 Å². The number of hydrogen-bond donors (Lipinski definition) is 1. The third kappa shape index (κ3) is 2.96. The van der Waals surface area contributed by atoms with Gasteiger partial charge in [-0.3, -0.25) is 0 Å². The summed E-state index contributed by atoms with van der Waals surface area (Å²) in [5.41, 5.74) is 5.63. The van der Waals surface area contributed by atoms with Gasteiger partial charge in [-0.1, -0.05) is 12.1 Å². The van der Waals surface area contributed by atoms with Gasteiger partial charge < -0.3 is 15.2 Å². The van der Waals surface area contributed by atoms with Crippen LogP contribution in [0.3, 0.4) is 0 Å². The fraction of sp³-hybridized carbons (Fsp3) is 0.286. The lowest BCUT2D eigenvalue weighted by molar-refractivity contribution is -0.141. The molecule has 1 aromatic heterocycles. The highest BCUT2D eigenvalue weighted by Gasteiger charge is 2.33. The van der Waals surface area contributed by atoms with E-state index in [0.717, 1.165) is 17.7 Å². The van der Waals surface area contributed by atoms with E-state index in [2.05, 4.69) is 10.2 Å². The predicted molar refractivity (Wildman–Crippen MR) is 70.7 cm³/mol. The van der Waals surface area contributed by atoms with Gasteiger partial charge >= 0.3 is 6.18 Å². The highest BCUT2D eigenvalue weighted by Crippen LogP contribution is 2.37. The molecule has 5 nitrogen and oxygen atoms in total. The van der Waals surface area contributed by atoms with E-state index in [1.807, 2.05) is 6.07 Å². The Morgan fingerprint density at radius 1 is 1.18 bits per heavy atom. The molecule has 8 heteroatoms. The molecule has 1 aromatic carbocycles. The fourth-order valence-corrected chi connectivity index (χ4v) is 2.14. The average molecular weight is 311 g/mol. The van der Waals surface area contributed by atoms with Crippen LogP contribution in [0.1, 0.15) is 11.3 Å². The molecule has 0 aliphatic carbocycles. The molecule has 116 valence electrons. The van der Waals surface area contributed by atoms with Gasteiger partial charge in [-0.2, -0.15) is 13.2 Å². The van der Waals surface area contributed by atoms with Gasteiger partial charge in [0, 0.05) is 12.1 Å². The Kier molecular flexibility index (Phi) is 3.61. The molecular weight excluding hydrogens is 299 g/mol. The maximum atomic E-state index is 12.4. The number of hydrogen-bond acceptors (Lipinski definition) is 5. The van der Waals surface area contributed by atoms with Crippen LogP contribution in [-0.2, 0) is 12.6 Å². The third-order valence-electron chi connectivity index (χ3n) is 3.13. The first-order valence-corrected chi connectivity index (χ1v) is 6.52. The highest BCUT2D eigenvalue weighted by atomic mass is 19.4. The molecule has 0 bridgehead atoms. The van der Waals surface area contributed by atoms with Crippen molar-refractivity contribution in [2.75, 3.05) is 6.61 Å². The second-order valence-corrected chi connectivity index (χ2v) is 4.88. The minimum absolute atomic E-state index is 0.0418. The van der Waals surface area contributed by atoms with Crippen molar-refractivity contribution >= 4 is 0 Å². The Morgan fingerprint density at radius 2 is 2.00 bits per heavy atom. The maximum Gasteiger partial charge on any atom is 0.435 e. The van der Waals surface area contributed by atoms with E-state index in [-0.39, 0.29) is 11.9 Å². The third-order valence-corrected chi connectivity index (χ3v) is 3.13. The largest absolute Gasteiger partial charge is 0.488 e. The van der Waals surface area contributed by atoms with E-state index < -0.39 is 11.9 Å². The number of halogens is 3. The zero-order chi connectivity index (χ0) is 15.7. The lowest BCUT2D eigenvalue weighted by Crippen LogP contribution is -2.33. The summed E-state index contributed by atoms with van der Waals surface area (Å²) < 4.78 is 48.3. The number of fused-ring (bicyclic) bond motifs is 1. The zero-order valence-corrected chi connectivity index (χ0v) is 11.3. The molecule has 1 aliphatic rings. The quantitative estimate of drug-likeness (QED) is 0.923. The van der Waals surface area contributed by atoms with Crippen LogP contribution in [0, 0.1) is 0 Å². The normalized spacial score (nSPS) is 17.5. The topological polar surface area (TPSA) is 70.3 Å². The molecule has 1 atom stereocenters. The Labute approximate surface area is 123 Å². The molecule has 1 unspecified atom stereocenters. The standard InChI is InChI=1S/C14H12F3N3O2/c15-14(16,17)11-4-5-12(20-19-11)22-10-3-1-2-8-6-9(18)7-21-13(8)10/h1-5,9H,6-7,18H2. The van der Waals surface area contributed by atoms with E-state index in [1.54, 1.807) is 12.1 Å². The van der Waals surface area contributed by atoms with Crippen LogP contribution in [0.4, 0.5) is 13.2 Å². The number of benzene rings is 1. The van der Waals surface area contributed by atoms with Crippen LogP contribution in [-0.4, -0.2) is 22.8 Å². The maximum absolute atomic E-state index is 12.4. The van der Waals surface area contributed by atoms with Crippen molar-refractivity contribution in [3.05, 3.63) is 41.6 Å². The smallest absolute Gasteiger partial charge is 0.435 e. The lowest BCUT2D eigenvalue weighted by Gasteiger charge is -2.24. The first kappa shape index (κ1) is 14.6. The second-order valence-electron chi connectivity index (χ2n) is 4.88. The molecule has 22 heavy (non-hydrogen) atoms. The SMILES string of the molecule is NC1COc2c(cccc2Oc2ccc(C(F)(F)F)nn2)C1. The molecule has 0 radical (unpaired) electrons. The number of para-hydroxylation sites is 1. The molecule has 0 fully saturated rings. The van der Waals surface area contributed by atoms with Crippen molar-refractivity contribution in [1.82, 2.24) is 10.2 Å². The molecule has 2 N–H and O–H groups in total. The van der Waals surface area contributed by atoms with Crippen molar-refractivity contribution in [3.8, 4) is 17.4 Å². The van der Waals surface area contributed by atoms with Crippen LogP contribution >= 0.6 is 0 Å². The van der Waals surface area contributed by atoms with E-state index in [4.69, 9.17) is 15.2 Å². The Hall–Kier alpha value is -2.35. The van der Waals surface area contributed by atoms with Crippen molar-refractivity contribution < 1.29 is 22.6 Å². The van der Waals surface area contributed by atoms with Gasteiger partial charge in [-0.15, -0.1) is 10.2 Å². The first-order chi connectivity index (χ1) is 10.4. The van der Waals surface area contributed by atoms with Crippen molar-refractivity contribution in [2.24, 2.45) is 5.73 Å². The summed E-state index contributed by atoms with van der Waals surface area (Å²) in [5.74, 6) is 0.865. The minimum Gasteiger partial charge on any atom is -0.488 e. The molecular formula is C14H12F3N3O2. The van der Waals surface area contributed by atoms with Gasteiger partial charge in [0.25, 0.3) is 0 Å². The van der Waals surface area contributed by atoms with E-state index in [1.165, 1.54) is 0 Å². The molecule has 2 aromatic rings. The molecule has 1 aliphatic heterocycles. The predicted octanol–water partition coefficient (Wildman–Crippen LogP) is 2.55. The van der Waals surface area contributed by atoms with E-state index >= 15 is 0 Å². The zero-order valence-electron chi connectivity index (χ0n) is 11.3. The molecule has 0 spiro atoms. The van der Waals surface area contributed by atoms with Crippen LogP contribution in [0.5, 0.6) is 17.4 Å². The lowest BCUT2D eigenvalue weighted by atomic mass is 10.0. The summed E-state index contributed by atoms with van der Waals surface area (Å²) in [5, 5.41) is 6.54. The number of ether oxygens (including phenoxy) is 2. The molecule has 3 rings (SSSR count). The van der Waals surface area contributed by atoms with Gasteiger partial charge in [-0.05, 0) is 24.1 Å². The Bertz CT molecular complexity index is 674. The molecule has 0 amide bonds. The highest BCUT2D eigenvalue weighted by molar-refractivity contribution is 5.49. The van der Waals surface area contributed by atoms with Crippen LogP contribution in [0.15, 0.2) is 30.3 Å². The number of rotatable bonds is 2. The van der Waals surface area contributed by atoms with Crippen molar-refractivity contribution in [2.45, 2.75) is 18.6 Å². The van der Waals surface area contributed by atoms with E-state index in [9.17, 15) is 13.2 Å². The number of nitrogens with two attached hydrogens (primary N) is 1. The summed E-state index contributed by atoms with van der Waals surface area (Å²) in [6.07, 6.45) is -3.89. The molecule has 0 saturated heterocycles. The number of alkyl halides is 3. The van der Waals surface area contributed by atoms with Crippen molar-refractivity contribution in [1.29, 1.82) is 0 Å². The average Bonchev–Trinajstić information content (AvgIpc) is 2.47. The Balaban J connectivity index is 1.83. The first-order valence-electron chi connectivity index (χ1n) is 6.52. The van der Waals surface area contributed by atoms with Crippen LogP contribution in [0.25, 0.3) is 0 Å². The summed E-state index contributed by atoms with van der Waals surface area (Å²) >= 11 is 0. The van der Waals surface area contributed by atoms with Crippen LogP contribution in [0.2, 0.25) is 0 Å². The summed E-state index contributed by atoms with van der Waals surface area (Å²) in [6.45, 7) is 0.353. The fourth-order valence-electron chi connectivity index (χ4n) is 2.14. The van der Waals surface area contributed by atoms with Crippen molar-refractivity contribution in [3.63, 3.8) is 0 Å². The molecule has 0 saturated carbocycles. The summed E-state index contributed by atoms with van der Waals surface area (Å²) in [7, 11) is 0. The van der Waals surface area contributed by atoms with Gasteiger partial charge in [0.1, 0.15) is 6.61 Å². The molecule has 2 heterocycles. The van der Waals surface area contributed by atoms with Gasteiger partial charge in [0.05, 0.1) is 0 Å². The van der Waals surface area contributed by atoms with Gasteiger partial charge in [-0.25, -0.2) is 0 Å². The van der Waals surface area contributed by atoms with E-state index in [0.29, 0.717) is 24.5 Å².